The first-order valence-electron chi connectivity index (χ1n) is 16.2. The first kappa shape index (κ1) is 31.6. The van der Waals surface area contributed by atoms with Crippen LogP contribution in [0.1, 0.15) is 93.6 Å². The molecule has 5 heteroatoms. The molecule has 0 saturated carbocycles. The van der Waals surface area contributed by atoms with Crippen molar-refractivity contribution in [2.24, 2.45) is 0 Å². The maximum atomic E-state index is 13.8. The Hall–Kier alpha value is -3.31. The van der Waals surface area contributed by atoms with Gasteiger partial charge in [0.15, 0.2) is 11.5 Å². The molecule has 0 spiro atoms. The lowest BCUT2D eigenvalue weighted by atomic mass is 10.0. The molecular weight excluding hydrogens is 520 g/mol. The van der Waals surface area contributed by atoms with Gasteiger partial charge in [-0.2, -0.15) is 0 Å². The van der Waals surface area contributed by atoms with E-state index in [1.54, 1.807) is 0 Å². The SMILES string of the molecule is CCCCCc1ccc(C(=O)N(CCCN(CCCC)CCCC)Cc2ccc(-c3ccc4c(c3)OCO4)cc2)cc1. The quantitative estimate of drug-likeness (QED) is 0.143. The minimum atomic E-state index is 0.114. The van der Waals surface area contributed by atoms with Gasteiger partial charge in [0.2, 0.25) is 6.79 Å². The first-order valence-corrected chi connectivity index (χ1v) is 16.2. The Morgan fingerprint density at radius 3 is 1.95 bits per heavy atom. The van der Waals surface area contributed by atoms with Crippen LogP contribution in [-0.2, 0) is 13.0 Å². The van der Waals surface area contributed by atoms with Crippen molar-refractivity contribution in [3.8, 4) is 22.6 Å². The Labute approximate surface area is 253 Å². The van der Waals surface area contributed by atoms with Crippen LogP contribution in [0, 0.1) is 0 Å². The van der Waals surface area contributed by atoms with Gasteiger partial charge in [0, 0.05) is 18.7 Å². The Morgan fingerprint density at radius 2 is 1.26 bits per heavy atom. The van der Waals surface area contributed by atoms with Crippen LogP contribution in [0.2, 0.25) is 0 Å². The van der Waals surface area contributed by atoms with Crippen LogP contribution in [0.5, 0.6) is 11.5 Å². The summed E-state index contributed by atoms with van der Waals surface area (Å²) in [5.74, 6) is 1.70. The van der Waals surface area contributed by atoms with Crippen LogP contribution in [0.3, 0.4) is 0 Å². The summed E-state index contributed by atoms with van der Waals surface area (Å²) >= 11 is 0. The summed E-state index contributed by atoms with van der Waals surface area (Å²) in [6.45, 7) is 11.7. The lowest BCUT2D eigenvalue weighted by Gasteiger charge is -2.26. The number of fused-ring (bicyclic) bond motifs is 1. The van der Waals surface area contributed by atoms with Crippen molar-refractivity contribution in [3.63, 3.8) is 0 Å². The van der Waals surface area contributed by atoms with E-state index in [-0.39, 0.29) is 12.7 Å². The molecule has 0 aliphatic carbocycles. The molecule has 0 aromatic heterocycles. The van der Waals surface area contributed by atoms with Crippen LogP contribution >= 0.6 is 0 Å². The van der Waals surface area contributed by atoms with E-state index in [0.717, 1.165) is 72.8 Å². The van der Waals surface area contributed by atoms with E-state index in [2.05, 4.69) is 68.1 Å². The molecule has 4 rings (SSSR count). The summed E-state index contributed by atoms with van der Waals surface area (Å²) in [5.41, 5.74) is 5.44. The summed E-state index contributed by atoms with van der Waals surface area (Å²) in [5, 5.41) is 0. The van der Waals surface area contributed by atoms with E-state index in [0.29, 0.717) is 6.54 Å². The molecule has 0 radical (unpaired) electrons. The van der Waals surface area contributed by atoms with Crippen LogP contribution in [0.15, 0.2) is 66.7 Å². The molecule has 1 heterocycles. The lowest BCUT2D eigenvalue weighted by molar-refractivity contribution is 0.0734. The van der Waals surface area contributed by atoms with E-state index in [4.69, 9.17) is 9.47 Å². The highest BCUT2D eigenvalue weighted by atomic mass is 16.7. The number of carbonyl (C=O) groups is 1. The third-order valence-electron chi connectivity index (χ3n) is 8.15. The molecule has 1 aliphatic rings. The van der Waals surface area contributed by atoms with Crippen molar-refractivity contribution in [1.29, 1.82) is 0 Å². The number of rotatable bonds is 18. The Morgan fingerprint density at radius 1 is 0.643 bits per heavy atom. The zero-order valence-corrected chi connectivity index (χ0v) is 26.1. The molecule has 3 aromatic rings. The number of aryl methyl sites for hydroxylation is 1. The monoisotopic (exact) mass is 570 g/mol. The molecule has 0 saturated heterocycles. The minimum absolute atomic E-state index is 0.114. The van der Waals surface area contributed by atoms with Gasteiger partial charge < -0.3 is 19.3 Å². The predicted octanol–water partition coefficient (Wildman–Crippen LogP) is 8.75. The summed E-state index contributed by atoms with van der Waals surface area (Å²) in [7, 11) is 0. The third-order valence-corrected chi connectivity index (χ3v) is 8.15. The maximum Gasteiger partial charge on any atom is 0.254 e. The molecule has 1 amide bonds. The molecule has 0 fully saturated rings. The second-order valence-corrected chi connectivity index (χ2v) is 11.5. The molecule has 1 aliphatic heterocycles. The van der Waals surface area contributed by atoms with Crippen LogP contribution in [-0.4, -0.2) is 48.7 Å². The van der Waals surface area contributed by atoms with Crippen molar-refractivity contribution >= 4 is 5.91 Å². The van der Waals surface area contributed by atoms with E-state index in [1.807, 2.05) is 29.2 Å². The Balaban J connectivity index is 1.45. The predicted molar refractivity (Wildman–Crippen MR) is 173 cm³/mol. The number of benzene rings is 3. The molecule has 0 bridgehead atoms. The van der Waals surface area contributed by atoms with Crippen molar-refractivity contribution in [1.82, 2.24) is 9.80 Å². The summed E-state index contributed by atoms with van der Waals surface area (Å²) in [6.07, 6.45) is 10.6. The standard InChI is InChI=1S/C37H50N2O3/c1-4-7-10-12-30-13-19-33(20-14-30)37(40)39(26-11-25-38(23-8-5-2)24-9-6-3)28-31-15-17-32(18-16-31)34-21-22-35-36(27-34)42-29-41-35/h13-22,27H,4-12,23-26,28-29H2,1-3H3. The lowest BCUT2D eigenvalue weighted by Crippen LogP contribution is -2.34. The van der Waals surface area contributed by atoms with Crippen molar-refractivity contribution < 1.29 is 14.3 Å². The Bertz CT molecular complexity index is 1210. The molecular formula is C37H50N2O3. The van der Waals surface area contributed by atoms with Crippen LogP contribution < -0.4 is 9.47 Å². The van der Waals surface area contributed by atoms with Gasteiger partial charge in [-0.3, -0.25) is 4.79 Å². The molecule has 5 nitrogen and oxygen atoms in total. The second kappa shape index (κ2) is 17.0. The highest BCUT2D eigenvalue weighted by molar-refractivity contribution is 5.94. The van der Waals surface area contributed by atoms with Gasteiger partial charge in [0.25, 0.3) is 5.91 Å². The average molecular weight is 571 g/mol. The fourth-order valence-electron chi connectivity index (χ4n) is 5.51. The number of amides is 1. The minimum Gasteiger partial charge on any atom is -0.454 e. The highest BCUT2D eigenvalue weighted by Gasteiger charge is 2.18. The van der Waals surface area contributed by atoms with Gasteiger partial charge in [-0.05, 0) is 98.3 Å². The van der Waals surface area contributed by atoms with E-state index in [9.17, 15) is 4.79 Å². The van der Waals surface area contributed by atoms with Gasteiger partial charge in [-0.15, -0.1) is 0 Å². The zero-order chi connectivity index (χ0) is 29.6. The number of nitrogens with zero attached hydrogens (tertiary/aromatic N) is 2. The van der Waals surface area contributed by atoms with E-state index < -0.39 is 0 Å². The molecule has 0 unspecified atom stereocenters. The summed E-state index contributed by atoms with van der Waals surface area (Å²) in [4.78, 5) is 18.4. The summed E-state index contributed by atoms with van der Waals surface area (Å²) in [6, 6.07) is 22.9. The van der Waals surface area contributed by atoms with Crippen molar-refractivity contribution in [3.05, 3.63) is 83.4 Å². The molecule has 0 atom stereocenters. The molecule has 3 aromatic carbocycles. The zero-order valence-electron chi connectivity index (χ0n) is 26.1. The smallest absolute Gasteiger partial charge is 0.254 e. The average Bonchev–Trinajstić information content (AvgIpc) is 3.50. The highest BCUT2D eigenvalue weighted by Crippen LogP contribution is 2.36. The van der Waals surface area contributed by atoms with Crippen LogP contribution in [0.4, 0.5) is 0 Å². The largest absolute Gasteiger partial charge is 0.454 e. The molecule has 226 valence electrons. The normalized spacial score (nSPS) is 12.2. The fourth-order valence-corrected chi connectivity index (χ4v) is 5.51. The van der Waals surface area contributed by atoms with Gasteiger partial charge >= 0.3 is 0 Å². The number of ether oxygens (including phenoxy) is 2. The molecule has 42 heavy (non-hydrogen) atoms. The van der Waals surface area contributed by atoms with E-state index in [1.165, 1.54) is 50.5 Å². The number of carbonyl (C=O) groups excluding carboxylic acids is 1. The third kappa shape index (κ3) is 9.35. The van der Waals surface area contributed by atoms with Gasteiger partial charge in [-0.25, -0.2) is 0 Å². The van der Waals surface area contributed by atoms with E-state index >= 15 is 0 Å². The van der Waals surface area contributed by atoms with Gasteiger partial charge in [0.1, 0.15) is 0 Å². The Kier molecular flexibility index (Phi) is 12.8. The van der Waals surface area contributed by atoms with Gasteiger partial charge in [0.05, 0.1) is 0 Å². The topological polar surface area (TPSA) is 42.0 Å². The van der Waals surface area contributed by atoms with Crippen LogP contribution in [0.25, 0.3) is 11.1 Å². The number of hydrogen-bond acceptors (Lipinski definition) is 4. The maximum absolute atomic E-state index is 13.8. The fraction of sp³-hybridized carbons (Fsp3) is 0.486. The van der Waals surface area contributed by atoms with Gasteiger partial charge in [-0.1, -0.05) is 88.9 Å². The molecule has 0 N–H and O–H groups in total. The summed E-state index contributed by atoms with van der Waals surface area (Å²) < 4.78 is 11.0. The van der Waals surface area contributed by atoms with Crippen molar-refractivity contribution in [2.45, 2.75) is 85.1 Å². The number of unbranched alkanes of at least 4 members (excludes halogenated alkanes) is 4. The first-order chi connectivity index (χ1) is 20.6. The second-order valence-electron chi connectivity index (χ2n) is 11.5. The number of hydrogen-bond donors (Lipinski definition) is 0. The van der Waals surface area contributed by atoms with Crippen molar-refractivity contribution in [2.75, 3.05) is 33.0 Å².